The molecular formula is C16H14Cl2F2N4O2. The lowest BCUT2D eigenvalue weighted by Gasteiger charge is -2.44. The van der Waals surface area contributed by atoms with Crippen LogP contribution in [0.25, 0.3) is 10.9 Å². The predicted octanol–water partition coefficient (Wildman–Crippen LogP) is 2.47. The van der Waals surface area contributed by atoms with E-state index in [4.69, 9.17) is 23.2 Å². The molecule has 0 bridgehead atoms. The number of hydrogen-bond donors (Lipinski definition) is 1. The average molecular weight is 403 g/mol. The number of aromatic amines is 1. The summed E-state index contributed by atoms with van der Waals surface area (Å²) in [6, 6.07) is 2.23. The fourth-order valence-corrected chi connectivity index (χ4v) is 4.18. The summed E-state index contributed by atoms with van der Waals surface area (Å²) in [6.07, 6.45) is 0. The van der Waals surface area contributed by atoms with Crippen LogP contribution >= 0.6 is 23.2 Å². The first-order valence-corrected chi connectivity index (χ1v) is 8.77. The monoisotopic (exact) mass is 402 g/mol. The van der Waals surface area contributed by atoms with E-state index in [2.05, 4.69) is 4.98 Å². The van der Waals surface area contributed by atoms with Crippen LogP contribution in [0.5, 0.6) is 0 Å². The Balaban J connectivity index is 1.62. The van der Waals surface area contributed by atoms with E-state index in [1.54, 1.807) is 4.90 Å². The van der Waals surface area contributed by atoms with Crippen LogP contribution in [0.2, 0.25) is 10.0 Å². The van der Waals surface area contributed by atoms with Crippen LogP contribution in [0, 0.1) is 5.82 Å². The van der Waals surface area contributed by atoms with Gasteiger partial charge in [0.2, 0.25) is 5.91 Å². The molecule has 2 aromatic rings. The van der Waals surface area contributed by atoms with E-state index in [1.807, 2.05) is 0 Å². The van der Waals surface area contributed by atoms with Gasteiger partial charge in [-0.25, -0.2) is 4.39 Å². The highest BCUT2D eigenvalue weighted by Crippen LogP contribution is 2.35. The molecule has 10 heteroatoms. The Morgan fingerprint density at radius 1 is 1.19 bits per heavy atom. The largest absolute Gasteiger partial charge is 0.349 e. The van der Waals surface area contributed by atoms with Crippen molar-refractivity contribution in [3.05, 3.63) is 33.7 Å². The van der Waals surface area contributed by atoms with Gasteiger partial charge in [0.05, 0.1) is 22.6 Å². The maximum Gasteiger partial charge on any atom is 0.271 e. The Morgan fingerprint density at radius 2 is 1.96 bits per heavy atom. The summed E-state index contributed by atoms with van der Waals surface area (Å²) in [4.78, 5) is 30.8. The van der Waals surface area contributed by atoms with E-state index in [-0.39, 0.29) is 46.7 Å². The summed E-state index contributed by atoms with van der Waals surface area (Å²) in [5, 5.41) is 0.594. The number of hydrogen-bond acceptors (Lipinski definition) is 3. The molecule has 0 saturated carbocycles. The molecule has 3 heterocycles. The number of H-pyrrole nitrogens is 1. The maximum atomic E-state index is 13.7. The smallest absolute Gasteiger partial charge is 0.271 e. The van der Waals surface area contributed by atoms with E-state index in [0.717, 1.165) is 0 Å². The number of piperazine rings is 2. The number of carbonyl (C=O) groups excluding carboxylic acids is 2. The molecule has 6 nitrogen and oxygen atoms in total. The molecule has 0 aliphatic carbocycles. The lowest BCUT2D eigenvalue weighted by molar-refractivity contribution is -0.153. The van der Waals surface area contributed by atoms with Gasteiger partial charge < -0.3 is 14.8 Å². The third-order valence-electron chi connectivity index (χ3n) is 4.81. The number of nitrogens with one attached hydrogen (secondary N) is 1. The van der Waals surface area contributed by atoms with Gasteiger partial charge in [-0.05, 0) is 12.1 Å². The van der Waals surface area contributed by atoms with Gasteiger partial charge >= 0.3 is 0 Å². The Hall–Kier alpha value is -1.90. The molecular weight excluding hydrogens is 389 g/mol. The standard InChI is InChI=1S/C16H14Cl2F2N4O2/c17-13-9(19)1-2-10-12(13)14(18)15(21-10)16(26)22-3-4-24-8(5-22)6-23(20)7-11(24)25/h1-2,8,21H,3-7H2. The summed E-state index contributed by atoms with van der Waals surface area (Å²) in [7, 11) is 0. The fourth-order valence-electron chi connectivity index (χ4n) is 3.54. The molecule has 138 valence electrons. The van der Waals surface area contributed by atoms with Crippen molar-refractivity contribution in [2.45, 2.75) is 6.04 Å². The molecule has 1 aromatic carbocycles. The average Bonchev–Trinajstić information content (AvgIpc) is 2.94. The number of rotatable bonds is 1. The second kappa shape index (κ2) is 6.37. The van der Waals surface area contributed by atoms with Crippen molar-refractivity contribution < 1.29 is 18.5 Å². The molecule has 1 unspecified atom stereocenters. The Bertz CT molecular complexity index is 919. The van der Waals surface area contributed by atoms with Gasteiger partial charge in [0, 0.05) is 30.5 Å². The molecule has 2 saturated heterocycles. The predicted molar refractivity (Wildman–Crippen MR) is 92.4 cm³/mol. The summed E-state index contributed by atoms with van der Waals surface area (Å²) in [5.41, 5.74) is 0.549. The number of amides is 2. The minimum atomic E-state index is -0.628. The van der Waals surface area contributed by atoms with Gasteiger partial charge in [-0.3, -0.25) is 9.59 Å². The number of aromatic nitrogens is 1. The van der Waals surface area contributed by atoms with Crippen molar-refractivity contribution in [1.82, 2.24) is 19.9 Å². The Kier molecular flexibility index (Phi) is 4.29. The number of halogens is 4. The van der Waals surface area contributed by atoms with Gasteiger partial charge in [0.15, 0.2) is 0 Å². The zero-order chi connectivity index (χ0) is 18.6. The third kappa shape index (κ3) is 2.72. The van der Waals surface area contributed by atoms with Crippen molar-refractivity contribution in [3.8, 4) is 0 Å². The Labute approximate surface area is 157 Å². The normalized spacial score (nSPS) is 21.4. The fraction of sp³-hybridized carbons (Fsp3) is 0.375. The molecule has 2 aliphatic heterocycles. The van der Waals surface area contributed by atoms with E-state index >= 15 is 0 Å². The van der Waals surface area contributed by atoms with E-state index < -0.39 is 17.8 Å². The number of benzene rings is 1. The summed E-state index contributed by atoms with van der Waals surface area (Å²) in [6.45, 7) is 0.617. The van der Waals surface area contributed by atoms with Gasteiger partial charge in [0.25, 0.3) is 5.91 Å². The van der Waals surface area contributed by atoms with Crippen molar-refractivity contribution in [2.24, 2.45) is 0 Å². The molecule has 2 aliphatic rings. The quantitative estimate of drug-likeness (QED) is 0.745. The second-order valence-corrected chi connectivity index (χ2v) is 7.15. The molecule has 1 aromatic heterocycles. The number of nitrogens with zero attached hydrogens (tertiary/aromatic N) is 3. The first-order chi connectivity index (χ1) is 12.4. The van der Waals surface area contributed by atoms with E-state index in [9.17, 15) is 18.5 Å². The number of fused-ring (bicyclic) bond motifs is 2. The lowest BCUT2D eigenvalue weighted by atomic mass is 10.1. The molecule has 4 rings (SSSR count). The van der Waals surface area contributed by atoms with Crippen LogP contribution in [0.3, 0.4) is 0 Å². The molecule has 0 radical (unpaired) electrons. The zero-order valence-electron chi connectivity index (χ0n) is 13.4. The first kappa shape index (κ1) is 17.5. The molecule has 2 amide bonds. The highest BCUT2D eigenvalue weighted by atomic mass is 35.5. The summed E-state index contributed by atoms with van der Waals surface area (Å²) < 4.78 is 27.2. The molecule has 2 fully saturated rings. The maximum absolute atomic E-state index is 13.7. The summed E-state index contributed by atoms with van der Waals surface area (Å²) >= 11 is 12.2. The van der Waals surface area contributed by atoms with Crippen LogP contribution in [0.4, 0.5) is 8.87 Å². The third-order valence-corrected chi connectivity index (χ3v) is 5.56. The van der Waals surface area contributed by atoms with Crippen LogP contribution in [0.15, 0.2) is 12.1 Å². The van der Waals surface area contributed by atoms with E-state index in [0.29, 0.717) is 23.7 Å². The van der Waals surface area contributed by atoms with Crippen molar-refractivity contribution in [1.29, 1.82) is 0 Å². The Morgan fingerprint density at radius 3 is 2.73 bits per heavy atom. The molecule has 0 spiro atoms. The molecule has 26 heavy (non-hydrogen) atoms. The highest BCUT2D eigenvalue weighted by Gasteiger charge is 2.38. The van der Waals surface area contributed by atoms with Gasteiger partial charge in [0.1, 0.15) is 18.1 Å². The van der Waals surface area contributed by atoms with Crippen LogP contribution in [-0.4, -0.2) is 70.5 Å². The van der Waals surface area contributed by atoms with Crippen LogP contribution in [-0.2, 0) is 4.79 Å². The summed E-state index contributed by atoms with van der Waals surface area (Å²) in [5.74, 6) is -1.32. The van der Waals surface area contributed by atoms with Gasteiger partial charge in [-0.1, -0.05) is 23.2 Å². The number of carbonyl (C=O) groups is 2. The van der Waals surface area contributed by atoms with Crippen molar-refractivity contribution in [2.75, 3.05) is 32.7 Å². The van der Waals surface area contributed by atoms with Crippen LogP contribution in [0.1, 0.15) is 10.5 Å². The van der Waals surface area contributed by atoms with Gasteiger partial charge in [-0.2, -0.15) is 0 Å². The second-order valence-electron chi connectivity index (χ2n) is 6.39. The van der Waals surface area contributed by atoms with E-state index in [1.165, 1.54) is 17.0 Å². The van der Waals surface area contributed by atoms with Crippen LogP contribution < -0.4 is 0 Å². The van der Waals surface area contributed by atoms with Crippen molar-refractivity contribution >= 4 is 45.9 Å². The molecule has 1 N–H and O–H groups in total. The lowest BCUT2D eigenvalue weighted by Crippen LogP contribution is -2.63. The highest BCUT2D eigenvalue weighted by molar-refractivity contribution is 6.44. The topological polar surface area (TPSA) is 59.7 Å². The van der Waals surface area contributed by atoms with Gasteiger partial charge in [-0.15, -0.1) is 9.60 Å². The molecule has 1 atom stereocenters. The SMILES string of the molecule is O=C(c1[nH]c2ccc(F)c(Cl)c2c1Cl)N1CCN2C(=O)CN(F)CC2C1. The zero-order valence-corrected chi connectivity index (χ0v) is 14.9. The first-order valence-electron chi connectivity index (χ1n) is 8.01. The minimum absolute atomic E-state index is 0.0452. The minimum Gasteiger partial charge on any atom is -0.349 e. The van der Waals surface area contributed by atoms with Crippen molar-refractivity contribution in [3.63, 3.8) is 0 Å².